The third-order valence-electron chi connectivity index (χ3n) is 6.02. The number of hydrogen-bond acceptors (Lipinski definition) is 9. The van der Waals surface area contributed by atoms with Crippen molar-refractivity contribution in [3.63, 3.8) is 0 Å². The molecule has 1 N–H and O–H groups in total. The number of morpholine rings is 1. The molecule has 0 unspecified atom stereocenters. The number of aromatic nitrogens is 4. The molecule has 1 aliphatic heterocycles. The second-order valence-corrected chi connectivity index (χ2v) is 9.82. The third-order valence-corrected chi connectivity index (χ3v) is 6.02. The molecule has 0 radical (unpaired) electrons. The van der Waals surface area contributed by atoms with E-state index >= 15 is 0 Å². The lowest BCUT2D eigenvalue weighted by molar-refractivity contribution is 0.00139. The van der Waals surface area contributed by atoms with Crippen LogP contribution in [0.5, 0.6) is 5.88 Å². The summed E-state index contributed by atoms with van der Waals surface area (Å²) in [7, 11) is 0. The molecule has 0 saturated carbocycles. The predicted octanol–water partition coefficient (Wildman–Crippen LogP) is 3.55. The molecule has 192 valence electrons. The summed E-state index contributed by atoms with van der Waals surface area (Å²) in [5.74, 6) is 2.06. The first-order chi connectivity index (χ1) is 17.4. The third kappa shape index (κ3) is 5.45. The van der Waals surface area contributed by atoms with Crippen LogP contribution in [0.1, 0.15) is 27.7 Å². The Morgan fingerprint density at radius 3 is 2.89 bits per heavy atom. The maximum Gasteiger partial charge on any atom is 0.231 e. The monoisotopic (exact) mass is 494 g/mol. The Morgan fingerprint density at radius 2 is 2.11 bits per heavy atom. The van der Waals surface area contributed by atoms with Gasteiger partial charge in [0.1, 0.15) is 23.7 Å². The van der Waals surface area contributed by atoms with Crippen LogP contribution < -0.4 is 15.0 Å². The summed E-state index contributed by atoms with van der Waals surface area (Å²) in [5, 5.41) is 8.99. The number of pyridine rings is 1. The number of imidazole rings is 1. The van der Waals surface area contributed by atoms with Crippen molar-refractivity contribution in [2.75, 3.05) is 51.0 Å². The van der Waals surface area contributed by atoms with Gasteiger partial charge in [0.15, 0.2) is 11.4 Å². The molecule has 1 saturated heterocycles. The van der Waals surface area contributed by atoms with Crippen molar-refractivity contribution in [2.24, 2.45) is 0 Å². The van der Waals surface area contributed by atoms with Gasteiger partial charge in [-0.1, -0.05) is 0 Å². The molecule has 0 spiro atoms. The maximum atomic E-state index is 6.24. The van der Waals surface area contributed by atoms with Gasteiger partial charge in [0.05, 0.1) is 43.0 Å². The Balaban J connectivity index is 1.40. The predicted molar refractivity (Wildman–Crippen MR) is 138 cm³/mol. The van der Waals surface area contributed by atoms with Gasteiger partial charge in [-0.25, -0.2) is 14.5 Å². The van der Waals surface area contributed by atoms with E-state index in [2.05, 4.69) is 53.0 Å². The summed E-state index contributed by atoms with van der Waals surface area (Å²) >= 11 is 0. The topological polar surface area (TPSA) is 99.2 Å². The molecule has 5 heterocycles. The molecule has 0 amide bonds. The van der Waals surface area contributed by atoms with Gasteiger partial charge in [0.25, 0.3) is 0 Å². The molecule has 1 fully saturated rings. The number of likely N-dealkylation sites (N-methyl/N-ethyl adjacent to an activating group) is 1. The summed E-state index contributed by atoms with van der Waals surface area (Å²) in [6, 6.07) is 7.75. The van der Waals surface area contributed by atoms with E-state index in [1.807, 2.05) is 24.3 Å². The van der Waals surface area contributed by atoms with Crippen molar-refractivity contribution in [3.8, 4) is 17.3 Å². The van der Waals surface area contributed by atoms with Gasteiger partial charge in [-0.15, -0.1) is 5.10 Å². The first-order valence-corrected chi connectivity index (χ1v) is 12.5. The zero-order valence-electron chi connectivity index (χ0n) is 21.4. The molecule has 0 aromatic carbocycles. The number of ether oxygens (including phenoxy) is 3. The van der Waals surface area contributed by atoms with Crippen LogP contribution in [0.4, 0.5) is 5.82 Å². The van der Waals surface area contributed by atoms with E-state index in [0.29, 0.717) is 37.1 Å². The van der Waals surface area contributed by atoms with E-state index in [0.717, 1.165) is 48.7 Å². The minimum Gasteiger partial charge on any atom is -0.475 e. The van der Waals surface area contributed by atoms with E-state index in [1.54, 1.807) is 16.9 Å². The minimum atomic E-state index is -0.180. The van der Waals surface area contributed by atoms with Gasteiger partial charge >= 0.3 is 0 Å². The van der Waals surface area contributed by atoms with Crippen molar-refractivity contribution >= 4 is 22.4 Å². The van der Waals surface area contributed by atoms with Crippen molar-refractivity contribution in [1.82, 2.24) is 24.9 Å². The highest BCUT2D eigenvalue weighted by molar-refractivity contribution is 5.91. The molecular formula is C26H34N6O4. The maximum absolute atomic E-state index is 6.24. The highest BCUT2D eigenvalue weighted by Gasteiger charge is 2.19. The van der Waals surface area contributed by atoms with E-state index in [1.165, 1.54) is 0 Å². The number of fused-ring (bicyclic) bond motifs is 2. The normalized spacial score (nSPS) is 16.6. The SMILES string of the molecule is CCN(CCOC(C)(C)C)c1nccc2oc(-c3cnc4ccc(OC[C@@H]5COCCN5)nn34)cc12. The number of rotatable bonds is 9. The second kappa shape index (κ2) is 10.4. The highest BCUT2D eigenvalue weighted by atomic mass is 16.5. The Bertz CT molecular complexity index is 1300. The Hall–Kier alpha value is -3.21. The lowest BCUT2D eigenvalue weighted by atomic mass is 10.2. The summed E-state index contributed by atoms with van der Waals surface area (Å²) < 4.78 is 25.4. The molecule has 4 aromatic heterocycles. The van der Waals surface area contributed by atoms with Gasteiger partial charge in [0, 0.05) is 31.9 Å². The van der Waals surface area contributed by atoms with Gasteiger partial charge in [0.2, 0.25) is 5.88 Å². The number of furan rings is 1. The first-order valence-electron chi connectivity index (χ1n) is 12.5. The van der Waals surface area contributed by atoms with Crippen LogP contribution in [0.15, 0.2) is 41.1 Å². The van der Waals surface area contributed by atoms with Crippen LogP contribution in [0.2, 0.25) is 0 Å². The summed E-state index contributed by atoms with van der Waals surface area (Å²) in [6.45, 7) is 13.1. The fourth-order valence-corrected chi connectivity index (χ4v) is 4.22. The van der Waals surface area contributed by atoms with E-state index in [-0.39, 0.29) is 11.6 Å². The van der Waals surface area contributed by atoms with E-state index < -0.39 is 0 Å². The first kappa shape index (κ1) is 24.5. The fourth-order valence-electron chi connectivity index (χ4n) is 4.22. The molecule has 36 heavy (non-hydrogen) atoms. The summed E-state index contributed by atoms with van der Waals surface area (Å²) in [6.07, 6.45) is 3.54. The fraction of sp³-hybridized carbons (Fsp3) is 0.500. The van der Waals surface area contributed by atoms with Crippen LogP contribution in [0.3, 0.4) is 0 Å². The molecule has 4 aromatic rings. The zero-order valence-corrected chi connectivity index (χ0v) is 21.4. The average Bonchev–Trinajstić information content (AvgIpc) is 3.49. The van der Waals surface area contributed by atoms with Crippen molar-refractivity contribution in [2.45, 2.75) is 39.3 Å². The molecule has 1 aliphatic rings. The summed E-state index contributed by atoms with van der Waals surface area (Å²) in [5.41, 5.74) is 2.04. The molecular weight excluding hydrogens is 460 g/mol. The number of anilines is 1. The van der Waals surface area contributed by atoms with Crippen LogP contribution in [-0.2, 0) is 9.47 Å². The molecule has 5 rings (SSSR count). The Kier molecular flexibility index (Phi) is 7.08. The molecule has 1 atom stereocenters. The van der Waals surface area contributed by atoms with Crippen molar-refractivity contribution < 1.29 is 18.6 Å². The second-order valence-electron chi connectivity index (χ2n) is 9.82. The summed E-state index contributed by atoms with van der Waals surface area (Å²) in [4.78, 5) is 11.4. The Morgan fingerprint density at radius 1 is 1.22 bits per heavy atom. The number of nitrogens with zero attached hydrogens (tertiary/aromatic N) is 5. The van der Waals surface area contributed by atoms with Crippen molar-refractivity contribution in [3.05, 3.63) is 36.7 Å². The molecule has 0 aliphatic carbocycles. The quantitative estimate of drug-likeness (QED) is 0.374. The van der Waals surface area contributed by atoms with Gasteiger partial charge in [-0.3, -0.25) is 0 Å². The van der Waals surface area contributed by atoms with Crippen LogP contribution in [-0.4, -0.2) is 77.3 Å². The van der Waals surface area contributed by atoms with Gasteiger partial charge in [-0.2, -0.15) is 0 Å². The molecule has 0 bridgehead atoms. The zero-order chi connectivity index (χ0) is 25.1. The van der Waals surface area contributed by atoms with Gasteiger partial charge in [-0.05, 0) is 45.9 Å². The smallest absolute Gasteiger partial charge is 0.231 e. The standard InChI is InChI=1S/C26H34N6O4/c1-5-31(11-13-35-26(2,3)4)25-19-14-22(36-21(19)8-9-28-25)20-15-29-23-6-7-24(30-32(20)23)34-17-18-16-33-12-10-27-18/h6-9,14-15,18,27H,5,10-13,16-17H2,1-4H3/t18-/m0/s1. The molecule has 10 nitrogen and oxygen atoms in total. The number of nitrogens with one attached hydrogen (secondary N) is 1. The lowest BCUT2D eigenvalue weighted by Crippen LogP contribution is -2.44. The van der Waals surface area contributed by atoms with Gasteiger partial charge < -0.3 is 28.8 Å². The Labute approximate surface area is 210 Å². The largest absolute Gasteiger partial charge is 0.475 e. The highest BCUT2D eigenvalue weighted by Crippen LogP contribution is 2.33. The lowest BCUT2D eigenvalue weighted by Gasteiger charge is -2.25. The van der Waals surface area contributed by atoms with Crippen molar-refractivity contribution in [1.29, 1.82) is 0 Å². The molecule has 10 heteroatoms. The number of hydrogen-bond donors (Lipinski definition) is 1. The minimum absolute atomic E-state index is 0.148. The average molecular weight is 495 g/mol. The van der Waals surface area contributed by atoms with E-state index in [4.69, 9.17) is 18.6 Å². The van der Waals surface area contributed by atoms with E-state index in [9.17, 15) is 0 Å². The van der Waals surface area contributed by atoms with Crippen LogP contribution in [0.25, 0.3) is 28.1 Å². The van der Waals surface area contributed by atoms with Crippen LogP contribution >= 0.6 is 0 Å². The van der Waals surface area contributed by atoms with Crippen LogP contribution in [0, 0.1) is 0 Å².